The minimum Gasteiger partial charge on any atom is -0.493 e. The molecule has 1 aliphatic heterocycles. The average Bonchev–Trinajstić information content (AvgIpc) is 3.48. The molecule has 1 fully saturated rings. The summed E-state index contributed by atoms with van der Waals surface area (Å²) in [6, 6.07) is 7.78. The van der Waals surface area contributed by atoms with Crippen molar-refractivity contribution in [3.05, 3.63) is 34.7 Å². The van der Waals surface area contributed by atoms with E-state index in [-0.39, 0.29) is 15.1 Å². The largest absolute Gasteiger partial charge is 0.493 e. The lowest BCUT2D eigenvalue weighted by molar-refractivity contribution is 0.300. The van der Waals surface area contributed by atoms with Crippen LogP contribution in [0.15, 0.2) is 29.2 Å². The fourth-order valence-corrected chi connectivity index (χ4v) is 4.61. The molecule has 1 saturated carbocycles. The van der Waals surface area contributed by atoms with E-state index in [1.807, 2.05) is 6.20 Å². The van der Waals surface area contributed by atoms with Crippen LogP contribution in [0.2, 0.25) is 6.04 Å². The van der Waals surface area contributed by atoms with Gasteiger partial charge in [0, 0.05) is 30.9 Å². The van der Waals surface area contributed by atoms with Crippen LogP contribution in [0.25, 0.3) is 11.1 Å². The van der Waals surface area contributed by atoms with Crippen molar-refractivity contribution in [3.63, 3.8) is 0 Å². The van der Waals surface area contributed by atoms with Crippen LogP contribution in [-0.2, 0) is 7.05 Å². The number of nitrogens with zero attached hydrogens (tertiary/aromatic N) is 1. The van der Waals surface area contributed by atoms with Gasteiger partial charge in [-0.25, -0.2) is 0 Å². The van der Waals surface area contributed by atoms with E-state index in [9.17, 15) is 4.79 Å². The first-order valence-electron chi connectivity index (χ1n) is 9.53. The molecular formula is C20H26N2O3Si. The van der Waals surface area contributed by atoms with Crippen molar-refractivity contribution in [1.82, 2.24) is 4.57 Å². The molecule has 6 heteroatoms. The van der Waals surface area contributed by atoms with Crippen molar-refractivity contribution in [1.29, 1.82) is 0 Å². The minimum atomic E-state index is -0.278. The third-order valence-corrected chi connectivity index (χ3v) is 6.54. The maximum absolute atomic E-state index is 12.5. The smallest absolute Gasteiger partial charge is 0.277 e. The maximum Gasteiger partial charge on any atom is 0.277 e. The molecule has 0 radical (unpaired) electrons. The Bertz CT molecular complexity index is 874. The molecule has 0 amide bonds. The molecule has 1 aliphatic carbocycles. The summed E-state index contributed by atoms with van der Waals surface area (Å²) in [5, 5.41) is 4.62. The van der Waals surface area contributed by atoms with Gasteiger partial charge in [0.2, 0.25) is 0 Å². The molecule has 1 aromatic heterocycles. The quantitative estimate of drug-likeness (QED) is 0.789. The lowest BCUT2D eigenvalue weighted by atomic mass is 10.0. The number of ether oxygens (including phenoxy) is 2. The SMILES string of the molecule is CC[SiH2]c1ccc(OCC2CC2)c(-c2cn(C)c(=O)c3c2OCCN3)c1. The van der Waals surface area contributed by atoms with E-state index in [0.29, 0.717) is 30.5 Å². The molecule has 1 aromatic carbocycles. The van der Waals surface area contributed by atoms with Crippen molar-refractivity contribution in [3.8, 4) is 22.6 Å². The number of benzene rings is 1. The molecular weight excluding hydrogens is 344 g/mol. The van der Waals surface area contributed by atoms with Gasteiger partial charge in [0.1, 0.15) is 18.0 Å². The fourth-order valence-electron chi connectivity index (χ4n) is 3.40. The van der Waals surface area contributed by atoms with Crippen LogP contribution in [0, 0.1) is 5.92 Å². The first kappa shape index (κ1) is 17.2. The summed E-state index contributed by atoms with van der Waals surface area (Å²) in [5.41, 5.74) is 2.48. The number of nitrogens with one attached hydrogen (secondary N) is 1. The van der Waals surface area contributed by atoms with Crippen molar-refractivity contribution >= 4 is 20.4 Å². The molecule has 0 unspecified atom stereocenters. The normalized spacial score (nSPS) is 16.2. The topological polar surface area (TPSA) is 52.5 Å². The van der Waals surface area contributed by atoms with Gasteiger partial charge in [-0.15, -0.1) is 0 Å². The van der Waals surface area contributed by atoms with Gasteiger partial charge >= 0.3 is 0 Å². The van der Waals surface area contributed by atoms with Crippen LogP contribution >= 0.6 is 0 Å². The van der Waals surface area contributed by atoms with E-state index in [0.717, 1.165) is 23.5 Å². The zero-order valence-corrected chi connectivity index (χ0v) is 16.9. The van der Waals surface area contributed by atoms with Crippen molar-refractivity contribution in [2.45, 2.75) is 25.8 Å². The standard InChI is InChI=1S/C20H26N2O3Si/c1-3-26-14-6-7-17(25-12-13-4-5-13)15(10-14)16-11-22(2)20(23)18-19(16)24-9-8-21-18/h6-7,10-11,13,21H,3-5,8-9,12,26H2,1-2H3. The van der Waals surface area contributed by atoms with E-state index in [4.69, 9.17) is 9.47 Å². The zero-order valence-electron chi connectivity index (χ0n) is 15.5. The summed E-state index contributed by atoms with van der Waals surface area (Å²) in [6.07, 6.45) is 4.40. The first-order valence-corrected chi connectivity index (χ1v) is 11.2. The highest BCUT2D eigenvalue weighted by Crippen LogP contribution is 2.40. The number of fused-ring (bicyclic) bond motifs is 1. The third kappa shape index (κ3) is 3.38. The molecule has 2 aliphatic rings. The van der Waals surface area contributed by atoms with Gasteiger partial charge in [-0.1, -0.05) is 30.3 Å². The van der Waals surface area contributed by atoms with E-state index in [1.54, 1.807) is 11.6 Å². The molecule has 4 rings (SSSR count). The van der Waals surface area contributed by atoms with Crippen LogP contribution in [0.1, 0.15) is 19.8 Å². The minimum absolute atomic E-state index is 0.0528. The van der Waals surface area contributed by atoms with Crippen LogP contribution < -0.4 is 25.5 Å². The Morgan fingerprint density at radius 3 is 2.96 bits per heavy atom. The number of rotatable bonds is 6. The second-order valence-electron chi connectivity index (χ2n) is 7.27. The van der Waals surface area contributed by atoms with Crippen LogP contribution in [-0.4, -0.2) is 33.8 Å². The zero-order chi connectivity index (χ0) is 18.1. The van der Waals surface area contributed by atoms with Gasteiger partial charge < -0.3 is 19.4 Å². The molecule has 26 heavy (non-hydrogen) atoms. The second-order valence-corrected chi connectivity index (χ2v) is 9.59. The molecule has 2 aromatic rings. The molecule has 0 spiro atoms. The van der Waals surface area contributed by atoms with Crippen LogP contribution in [0.5, 0.6) is 11.5 Å². The average molecular weight is 371 g/mol. The molecule has 0 atom stereocenters. The number of pyridine rings is 1. The third-order valence-electron chi connectivity index (χ3n) is 5.02. The lowest BCUT2D eigenvalue weighted by Gasteiger charge is -2.23. The van der Waals surface area contributed by atoms with E-state index in [2.05, 4.69) is 30.4 Å². The van der Waals surface area contributed by atoms with Gasteiger partial charge in [0.15, 0.2) is 5.75 Å². The fraction of sp³-hybridized carbons (Fsp3) is 0.450. The summed E-state index contributed by atoms with van der Waals surface area (Å²) in [6.45, 7) is 4.23. The maximum atomic E-state index is 12.5. The summed E-state index contributed by atoms with van der Waals surface area (Å²) in [4.78, 5) is 12.5. The van der Waals surface area contributed by atoms with Gasteiger partial charge in [0.05, 0.1) is 16.1 Å². The molecule has 0 bridgehead atoms. The van der Waals surface area contributed by atoms with E-state index in [1.165, 1.54) is 24.1 Å². The Morgan fingerprint density at radius 2 is 2.19 bits per heavy atom. The Balaban J connectivity index is 1.83. The number of hydrogen-bond donors (Lipinski definition) is 1. The van der Waals surface area contributed by atoms with Gasteiger partial charge in [-0.3, -0.25) is 4.79 Å². The summed E-state index contributed by atoms with van der Waals surface area (Å²) < 4.78 is 13.7. The molecule has 5 nitrogen and oxygen atoms in total. The van der Waals surface area contributed by atoms with Crippen LogP contribution in [0.3, 0.4) is 0 Å². The first-order chi connectivity index (χ1) is 12.7. The van der Waals surface area contributed by atoms with Crippen LogP contribution in [0.4, 0.5) is 5.69 Å². The van der Waals surface area contributed by atoms with Crippen molar-refractivity contribution in [2.75, 3.05) is 25.1 Å². The second kappa shape index (κ2) is 7.19. The highest BCUT2D eigenvalue weighted by atomic mass is 28.2. The van der Waals surface area contributed by atoms with Gasteiger partial charge in [0.25, 0.3) is 5.56 Å². The highest BCUT2D eigenvalue weighted by Gasteiger charge is 2.25. The number of hydrogen-bond acceptors (Lipinski definition) is 4. The van der Waals surface area contributed by atoms with Crippen molar-refractivity contribution in [2.24, 2.45) is 13.0 Å². The van der Waals surface area contributed by atoms with Gasteiger partial charge in [-0.05, 0) is 24.8 Å². The van der Waals surface area contributed by atoms with E-state index >= 15 is 0 Å². The van der Waals surface area contributed by atoms with Gasteiger partial charge in [-0.2, -0.15) is 0 Å². The highest BCUT2D eigenvalue weighted by molar-refractivity contribution is 6.53. The summed E-state index contributed by atoms with van der Waals surface area (Å²) in [7, 11) is 1.51. The predicted octanol–water partition coefficient (Wildman–Crippen LogP) is 1.88. The lowest BCUT2D eigenvalue weighted by Crippen LogP contribution is -2.28. The Morgan fingerprint density at radius 1 is 1.35 bits per heavy atom. The monoisotopic (exact) mass is 370 g/mol. The predicted molar refractivity (Wildman–Crippen MR) is 108 cm³/mol. The van der Waals surface area contributed by atoms with Crippen molar-refractivity contribution < 1.29 is 9.47 Å². The number of aryl methyl sites for hydroxylation is 1. The Hall–Kier alpha value is -2.21. The summed E-state index contributed by atoms with van der Waals surface area (Å²) >= 11 is 0. The molecule has 0 saturated heterocycles. The Kier molecular flexibility index (Phi) is 4.76. The molecule has 138 valence electrons. The van der Waals surface area contributed by atoms with E-state index < -0.39 is 0 Å². The number of aromatic nitrogens is 1. The molecule has 2 heterocycles. The summed E-state index contributed by atoms with van der Waals surface area (Å²) in [5.74, 6) is 2.24. The Labute approximate surface area is 156 Å². The molecule has 1 N–H and O–H groups in total. The number of anilines is 1.